The molecule has 0 saturated carbocycles. The van der Waals surface area contributed by atoms with Gasteiger partial charge in [-0.1, -0.05) is 30.3 Å². The molecule has 3 rings (SSSR count). The zero-order valence-electron chi connectivity index (χ0n) is 10.7. The van der Waals surface area contributed by atoms with E-state index in [1.165, 1.54) is 44.5 Å². The Morgan fingerprint density at radius 3 is 2.82 bits per heavy atom. The number of fused-ring (bicyclic) bond motifs is 1. The molecule has 0 amide bonds. The Hall–Kier alpha value is -0.860. The van der Waals surface area contributed by atoms with Crippen LogP contribution in [0.15, 0.2) is 30.3 Å². The standard InChI is InChI=1S/C15H22N2/c1-16-11-14-8-5-9-17(14)12-15(16)10-13-6-3-2-4-7-13/h2-4,6-7,14-15H,5,8-12H2,1H3/t14-,15-/m0/s1. The molecule has 0 aromatic heterocycles. The molecule has 1 aromatic rings. The Morgan fingerprint density at radius 1 is 1.18 bits per heavy atom. The molecule has 2 heteroatoms. The van der Waals surface area contributed by atoms with Crippen molar-refractivity contribution in [3.05, 3.63) is 35.9 Å². The Balaban J connectivity index is 1.67. The zero-order valence-corrected chi connectivity index (χ0v) is 10.7. The molecule has 2 nitrogen and oxygen atoms in total. The number of nitrogens with zero attached hydrogens (tertiary/aromatic N) is 2. The predicted octanol–water partition coefficient (Wildman–Crippen LogP) is 2.01. The first kappa shape index (κ1) is 11.2. The van der Waals surface area contributed by atoms with Crippen LogP contribution in [0.5, 0.6) is 0 Å². The van der Waals surface area contributed by atoms with Crippen LogP contribution in [0.4, 0.5) is 0 Å². The zero-order chi connectivity index (χ0) is 11.7. The van der Waals surface area contributed by atoms with Gasteiger partial charge in [0.15, 0.2) is 0 Å². The second-order valence-corrected chi connectivity index (χ2v) is 5.57. The summed E-state index contributed by atoms with van der Waals surface area (Å²) in [7, 11) is 2.29. The molecule has 0 aliphatic carbocycles. The molecule has 2 saturated heterocycles. The van der Waals surface area contributed by atoms with Crippen molar-refractivity contribution in [2.75, 3.05) is 26.7 Å². The van der Waals surface area contributed by atoms with Crippen LogP contribution >= 0.6 is 0 Å². The lowest BCUT2D eigenvalue weighted by Gasteiger charge is -2.42. The molecule has 0 unspecified atom stereocenters. The van der Waals surface area contributed by atoms with Crippen molar-refractivity contribution >= 4 is 0 Å². The maximum absolute atomic E-state index is 2.70. The highest BCUT2D eigenvalue weighted by Crippen LogP contribution is 2.25. The van der Waals surface area contributed by atoms with Crippen LogP contribution in [0, 0.1) is 0 Å². The highest BCUT2D eigenvalue weighted by molar-refractivity contribution is 5.16. The van der Waals surface area contributed by atoms with Crippen LogP contribution in [0.1, 0.15) is 18.4 Å². The van der Waals surface area contributed by atoms with Crippen molar-refractivity contribution in [1.82, 2.24) is 9.80 Å². The topological polar surface area (TPSA) is 6.48 Å². The average molecular weight is 230 g/mol. The molecule has 0 radical (unpaired) electrons. The maximum Gasteiger partial charge on any atom is 0.0261 e. The van der Waals surface area contributed by atoms with E-state index in [2.05, 4.69) is 47.2 Å². The molecule has 92 valence electrons. The van der Waals surface area contributed by atoms with Crippen molar-refractivity contribution < 1.29 is 0 Å². The van der Waals surface area contributed by atoms with Gasteiger partial charge in [-0.15, -0.1) is 0 Å². The minimum Gasteiger partial charge on any atom is -0.300 e. The van der Waals surface area contributed by atoms with Gasteiger partial charge in [-0.25, -0.2) is 0 Å². The predicted molar refractivity (Wildman–Crippen MR) is 71.2 cm³/mol. The quantitative estimate of drug-likeness (QED) is 0.767. The van der Waals surface area contributed by atoms with Crippen LogP contribution < -0.4 is 0 Å². The number of benzene rings is 1. The molecular weight excluding hydrogens is 208 g/mol. The Labute approximate surface area is 104 Å². The Kier molecular flexibility index (Phi) is 3.17. The third kappa shape index (κ3) is 2.38. The van der Waals surface area contributed by atoms with E-state index >= 15 is 0 Å². The minimum atomic E-state index is 0.701. The van der Waals surface area contributed by atoms with E-state index in [1.54, 1.807) is 0 Å². The third-order valence-electron chi connectivity index (χ3n) is 4.38. The van der Waals surface area contributed by atoms with E-state index in [0.717, 1.165) is 6.04 Å². The lowest BCUT2D eigenvalue weighted by atomic mass is 10.0. The van der Waals surface area contributed by atoms with Crippen molar-refractivity contribution in [3.8, 4) is 0 Å². The fourth-order valence-electron chi connectivity index (χ4n) is 3.34. The molecule has 17 heavy (non-hydrogen) atoms. The highest BCUT2D eigenvalue weighted by atomic mass is 15.3. The number of hydrogen-bond donors (Lipinski definition) is 0. The van der Waals surface area contributed by atoms with E-state index in [4.69, 9.17) is 0 Å². The molecule has 2 atom stereocenters. The van der Waals surface area contributed by atoms with Crippen molar-refractivity contribution in [1.29, 1.82) is 0 Å². The Bertz CT molecular complexity index is 362. The lowest BCUT2D eigenvalue weighted by molar-refractivity contribution is 0.0708. The van der Waals surface area contributed by atoms with E-state index in [1.807, 2.05) is 0 Å². The second kappa shape index (κ2) is 4.79. The fraction of sp³-hybridized carbons (Fsp3) is 0.600. The first-order valence-corrected chi connectivity index (χ1v) is 6.81. The highest BCUT2D eigenvalue weighted by Gasteiger charge is 2.34. The summed E-state index contributed by atoms with van der Waals surface area (Å²) in [4.78, 5) is 5.27. The summed E-state index contributed by atoms with van der Waals surface area (Å²) in [6, 6.07) is 12.4. The molecular formula is C15H22N2. The summed E-state index contributed by atoms with van der Waals surface area (Å²) in [5, 5.41) is 0. The van der Waals surface area contributed by atoms with Crippen molar-refractivity contribution in [3.63, 3.8) is 0 Å². The summed E-state index contributed by atoms with van der Waals surface area (Å²) in [5.74, 6) is 0. The smallest absolute Gasteiger partial charge is 0.0261 e. The summed E-state index contributed by atoms with van der Waals surface area (Å²) in [5.41, 5.74) is 1.47. The molecule has 2 fully saturated rings. The van der Waals surface area contributed by atoms with Crippen LogP contribution in [0.3, 0.4) is 0 Å². The van der Waals surface area contributed by atoms with E-state index in [0.29, 0.717) is 6.04 Å². The van der Waals surface area contributed by atoms with E-state index < -0.39 is 0 Å². The van der Waals surface area contributed by atoms with Gasteiger partial charge in [0.2, 0.25) is 0 Å². The second-order valence-electron chi connectivity index (χ2n) is 5.57. The van der Waals surface area contributed by atoms with Crippen LogP contribution in [0.2, 0.25) is 0 Å². The number of likely N-dealkylation sites (N-methyl/N-ethyl adjacent to an activating group) is 1. The van der Waals surface area contributed by atoms with Gasteiger partial charge in [0.1, 0.15) is 0 Å². The van der Waals surface area contributed by atoms with Gasteiger partial charge in [0.05, 0.1) is 0 Å². The average Bonchev–Trinajstić information content (AvgIpc) is 2.78. The van der Waals surface area contributed by atoms with Crippen molar-refractivity contribution in [2.24, 2.45) is 0 Å². The first-order valence-electron chi connectivity index (χ1n) is 6.81. The molecule has 0 spiro atoms. The molecule has 2 aliphatic rings. The lowest BCUT2D eigenvalue weighted by Crippen LogP contribution is -2.55. The number of piperazine rings is 1. The van der Waals surface area contributed by atoms with Gasteiger partial charge in [-0.2, -0.15) is 0 Å². The monoisotopic (exact) mass is 230 g/mol. The third-order valence-corrected chi connectivity index (χ3v) is 4.38. The maximum atomic E-state index is 2.70. The van der Waals surface area contributed by atoms with Gasteiger partial charge >= 0.3 is 0 Å². The summed E-state index contributed by atoms with van der Waals surface area (Å²) in [6.07, 6.45) is 4.00. The van der Waals surface area contributed by atoms with E-state index in [-0.39, 0.29) is 0 Å². The molecule has 0 N–H and O–H groups in total. The molecule has 2 heterocycles. The largest absolute Gasteiger partial charge is 0.300 e. The molecule has 0 bridgehead atoms. The van der Waals surface area contributed by atoms with Crippen molar-refractivity contribution in [2.45, 2.75) is 31.3 Å². The van der Waals surface area contributed by atoms with Gasteiger partial charge in [0.25, 0.3) is 0 Å². The number of rotatable bonds is 2. The fourth-order valence-corrected chi connectivity index (χ4v) is 3.34. The minimum absolute atomic E-state index is 0.701. The number of hydrogen-bond acceptors (Lipinski definition) is 2. The van der Waals surface area contributed by atoms with Crippen LogP contribution in [0.25, 0.3) is 0 Å². The summed E-state index contributed by atoms with van der Waals surface area (Å²) < 4.78 is 0. The Morgan fingerprint density at radius 2 is 2.00 bits per heavy atom. The van der Waals surface area contributed by atoms with Gasteiger partial charge in [-0.05, 0) is 38.4 Å². The first-order chi connectivity index (χ1) is 8.33. The van der Waals surface area contributed by atoms with Crippen LogP contribution in [-0.4, -0.2) is 48.6 Å². The van der Waals surface area contributed by atoms with Gasteiger partial charge in [0, 0.05) is 25.2 Å². The molecule has 1 aromatic carbocycles. The SMILES string of the molecule is CN1C[C@@H]2CCCN2C[C@@H]1Cc1ccccc1. The van der Waals surface area contributed by atoms with E-state index in [9.17, 15) is 0 Å². The van der Waals surface area contributed by atoms with Crippen LogP contribution in [-0.2, 0) is 6.42 Å². The summed E-state index contributed by atoms with van der Waals surface area (Å²) >= 11 is 0. The molecule has 2 aliphatic heterocycles. The normalized spacial score (nSPS) is 30.4. The van der Waals surface area contributed by atoms with Gasteiger partial charge in [-0.3, -0.25) is 4.90 Å². The summed E-state index contributed by atoms with van der Waals surface area (Å²) in [6.45, 7) is 3.84. The van der Waals surface area contributed by atoms with Gasteiger partial charge < -0.3 is 4.90 Å².